The summed E-state index contributed by atoms with van der Waals surface area (Å²) in [4.78, 5) is 11.8. The Morgan fingerprint density at radius 1 is 1.21 bits per heavy atom. The van der Waals surface area contributed by atoms with Crippen molar-refractivity contribution in [1.29, 1.82) is 0 Å². The van der Waals surface area contributed by atoms with E-state index >= 15 is 0 Å². The van der Waals surface area contributed by atoms with Crippen LogP contribution in [-0.4, -0.2) is 25.3 Å². The second kappa shape index (κ2) is 5.44. The first kappa shape index (κ1) is 13.0. The zero-order valence-corrected chi connectivity index (χ0v) is 10.7. The summed E-state index contributed by atoms with van der Waals surface area (Å²) in [6, 6.07) is 10.5. The lowest BCUT2D eigenvalue weighted by Crippen LogP contribution is -2.05. The van der Waals surface area contributed by atoms with Gasteiger partial charge in [0.25, 0.3) is 0 Å². The maximum Gasteiger partial charge on any atom is 0.341 e. The first-order valence-electron chi connectivity index (χ1n) is 5.70. The summed E-state index contributed by atoms with van der Waals surface area (Å²) in [6.07, 6.45) is 1.34. The van der Waals surface area contributed by atoms with Crippen LogP contribution in [0.25, 0.3) is 16.3 Å². The van der Waals surface area contributed by atoms with Crippen molar-refractivity contribution in [3.63, 3.8) is 0 Å². The van der Waals surface area contributed by atoms with E-state index < -0.39 is 5.97 Å². The molecule has 0 aromatic heterocycles. The predicted molar refractivity (Wildman–Crippen MR) is 72.6 cm³/mol. The highest BCUT2D eigenvalue weighted by Crippen LogP contribution is 2.28. The third-order valence-electron chi connectivity index (χ3n) is 2.80. The molecule has 0 unspecified atom stereocenters. The lowest BCUT2D eigenvalue weighted by Gasteiger charge is -2.09. The largest absolute Gasteiger partial charge is 0.508 e. The second-order valence-corrected chi connectivity index (χ2v) is 3.97. The highest BCUT2D eigenvalue weighted by atomic mass is 16.5. The minimum Gasteiger partial charge on any atom is -0.508 e. The number of phenolic OH excluding ortho intramolecular Hbond substituents is 1. The first-order chi connectivity index (χ1) is 9.17. The lowest BCUT2D eigenvalue weighted by molar-refractivity contribution is -0.133. The zero-order valence-electron chi connectivity index (χ0n) is 10.7. The first-order valence-corrected chi connectivity index (χ1v) is 5.70. The molecule has 0 aliphatic carbocycles. The molecule has 0 aliphatic heterocycles. The molecule has 0 fully saturated rings. The van der Waals surface area contributed by atoms with Gasteiger partial charge in [-0.25, -0.2) is 4.79 Å². The van der Waals surface area contributed by atoms with Crippen molar-refractivity contribution in [2.45, 2.75) is 0 Å². The molecule has 0 spiro atoms. The van der Waals surface area contributed by atoms with Crippen molar-refractivity contribution < 1.29 is 19.4 Å². The second-order valence-electron chi connectivity index (χ2n) is 3.97. The van der Waals surface area contributed by atoms with Crippen molar-refractivity contribution >= 4 is 22.3 Å². The van der Waals surface area contributed by atoms with Gasteiger partial charge in [-0.15, -0.1) is 0 Å². The van der Waals surface area contributed by atoms with Gasteiger partial charge in [0.15, 0.2) is 0 Å². The van der Waals surface area contributed by atoms with E-state index in [1.165, 1.54) is 20.5 Å². The topological polar surface area (TPSA) is 55.8 Å². The summed E-state index contributed by atoms with van der Waals surface area (Å²) in [7, 11) is 2.78. The molecule has 2 aromatic carbocycles. The van der Waals surface area contributed by atoms with E-state index in [1.807, 2.05) is 12.1 Å². The molecule has 0 aliphatic rings. The molecule has 0 bridgehead atoms. The van der Waals surface area contributed by atoms with Gasteiger partial charge in [-0.05, 0) is 22.9 Å². The number of fused-ring (bicyclic) bond motifs is 1. The number of carbonyl (C=O) groups is 1. The number of aromatic hydroxyl groups is 1. The number of ether oxygens (including phenoxy) is 2. The summed E-state index contributed by atoms with van der Waals surface area (Å²) >= 11 is 0. The number of hydrogen-bond donors (Lipinski definition) is 1. The highest BCUT2D eigenvalue weighted by Gasteiger charge is 2.15. The number of methoxy groups -OCH3 is 2. The van der Waals surface area contributed by atoms with Gasteiger partial charge in [0, 0.05) is 5.56 Å². The van der Waals surface area contributed by atoms with Crippen LogP contribution in [0.2, 0.25) is 0 Å². The van der Waals surface area contributed by atoms with Gasteiger partial charge < -0.3 is 14.6 Å². The van der Waals surface area contributed by atoms with E-state index in [-0.39, 0.29) is 5.75 Å². The van der Waals surface area contributed by atoms with Crippen molar-refractivity contribution in [2.75, 3.05) is 14.2 Å². The maximum absolute atomic E-state index is 11.8. The standard InChI is InChI=1S/C15H14O4/c1-18-9-14(15(17)19-2)12-5-3-4-10-6-7-11(16)8-13(10)12/h3-9,16H,1-2H3/b14-9+. The average molecular weight is 258 g/mol. The van der Waals surface area contributed by atoms with E-state index in [0.717, 1.165) is 10.8 Å². The molecule has 0 radical (unpaired) electrons. The van der Waals surface area contributed by atoms with E-state index in [2.05, 4.69) is 0 Å². The number of phenols is 1. The third kappa shape index (κ3) is 2.52. The van der Waals surface area contributed by atoms with Gasteiger partial charge in [-0.2, -0.15) is 0 Å². The van der Waals surface area contributed by atoms with Gasteiger partial charge in [0.1, 0.15) is 11.3 Å². The molecule has 0 atom stereocenters. The van der Waals surface area contributed by atoms with Crippen LogP contribution in [0.5, 0.6) is 5.75 Å². The molecule has 0 amide bonds. The normalized spacial score (nSPS) is 11.4. The van der Waals surface area contributed by atoms with Crippen LogP contribution < -0.4 is 0 Å². The predicted octanol–water partition coefficient (Wildman–Crippen LogP) is 2.71. The van der Waals surface area contributed by atoms with E-state index in [0.29, 0.717) is 11.1 Å². The molecule has 1 N–H and O–H groups in total. The zero-order chi connectivity index (χ0) is 13.8. The Kier molecular flexibility index (Phi) is 3.71. The molecule has 0 heterocycles. The van der Waals surface area contributed by atoms with Crippen molar-refractivity contribution in [3.8, 4) is 5.75 Å². The number of rotatable bonds is 3. The monoisotopic (exact) mass is 258 g/mol. The van der Waals surface area contributed by atoms with E-state index in [4.69, 9.17) is 9.47 Å². The molecule has 19 heavy (non-hydrogen) atoms. The molecule has 0 saturated heterocycles. The highest BCUT2D eigenvalue weighted by molar-refractivity contribution is 6.20. The summed E-state index contributed by atoms with van der Waals surface area (Å²) in [6.45, 7) is 0. The Morgan fingerprint density at radius 2 is 2.00 bits per heavy atom. The Labute approximate surface area is 110 Å². The summed E-state index contributed by atoms with van der Waals surface area (Å²) < 4.78 is 9.68. The van der Waals surface area contributed by atoms with Crippen LogP contribution in [0.4, 0.5) is 0 Å². The average Bonchev–Trinajstić information content (AvgIpc) is 2.43. The number of hydrogen-bond acceptors (Lipinski definition) is 4. The van der Waals surface area contributed by atoms with Crippen LogP contribution in [0, 0.1) is 0 Å². The molecule has 2 aromatic rings. The molecular weight excluding hydrogens is 244 g/mol. The van der Waals surface area contributed by atoms with Gasteiger partial charge in [0.2, 0.25) is 0 Å². The maximum atomic E-state index is 11.8. The van der Waals surface area contributed by atoms with Gasteiger partial charge >= 0.3 is 5.97 Å². The Morgan fingerprint density at radius 3 is 2.68 bits per heavy atom. The minimum absolute atomic E-state index is 0.140. The fraction of sp³-hybridized carbons (Fsp3) is 0.133. The lowest BCUT2D eigenvalue weighted by atomic mass is 9.99. The quantitative estimate of drug-likeness (QED) is 0.522. The SMILES string of the molecule is CO/C=C(/C(=O)OC)c1cccc2ccc(O)cc12. The van der Waals surface area contributed by atoms with Crippen LogP contribution in [0.3, 0.4) is 0 Å². The third-order valence-corrected chi connectivity index (χ3v) is 2.80. The van der Waals surface area contributed by atoms with E-state index in [1.54, 1.807) is 24.3 Å². The molecule has 98 valence electrons. The fourth-order valence-corrected chi connectivity index (χ4v) is 1.94. The molecule has 4 nitrogen and oxygen atoms in total. The fourth-order valence-electron chi connectivity index (χ4n) is 1.94. The number of esters is 1. The molecule has 2 rings (SSSR count). The Bertz CT molecular complexity index is 644. The van der Waals surface area contributed by atoms with Gasteiger partial charge in [0.05, 0.1) is 20.5 Å². The van der Waals surface area contributed by atoms with Crippen molar-refractivity contribution in [2.24, 2.45) is 0 Å². The number of benzene rings is 2. The van der Waals surface area contributed by atoms with Crippen molar-refractivity contribution in [3.05, 3.63) is 48.2 Å². The summed E-state index contributed by atoms with van der Waals surface area (Å²) in [5, 5.41) is 11.3. The molecular formula is C15H14O4. The summed E-state index contributed by atoms with van der Waals surface area (Å²) in [5.41, 5.74) is 0.961. The minimum atomic E-state index is -0.488. The van der Waals surface area contributed by atoms with E-state index in [9.17, 15) is 9.90 Å². The molecule has 0 saturated carbocycles. The van der Waals surface area contributed by atoms with Crippen LogP contribution in [0.15, 0.2) is 42.7 Å². The van der Waals surface area contributed by atoms with Gasteiger partial charge in [-0.1, -0.05) is 24.3 Å². The van der Waals surface area contributed by atoms with Crippen LogP contribution >= 0.6 is 0 Å². The van der Waals surface area contributed by atoms with Crippen molar-refractivity contribution in [1.82, 2.24) is 0 Å². The smallest absolute Gasteiger partial charge is 0.341 e. The molecule has 4 heteroatoms. The van der Waals surface area contributed by atoms with Gasteiger partial charge in [-0.3, -0.25) is 0 Å². The summed E-state index contributed by atoms with van der Waals surface area (Å²) in [5.74, 6) is -0.348. The van der Waals surface area contributed by atoms with Crippen LogP contribution in [0.1, 0.15) is 5.56 Å². The van der Waals surface area contributed by atoms with Crippen LogP contribution in [-0.2, 0) is 14.3 Å². The Balaban J connectivity index is 2.69. The number of carbonyl (C=O) groups excluding carboxylic acids is 1. The Hall–Kier alpha value is -2.49.